The molecule has 0 aromatic carbocycles. The highest BCUT2D eigenvalue weighted by Gasteiger charge is 2.27. The van der Waals surface area contributed by atoms with Gasteiger partial charge in [-0.05, 0) is 0 Å². The maximum Gasteiger partial charge on any atom is 0.326 e. The first-order chi connectivity index (χ1) is 6.66. The standard InChI is InChI=1S/C7H15N5O2/c1-10-7(13)12(6(8)9)5-4-11-2-3-14-5/h5,11H,2-4H2,1H3,(H3,8,9)(H,10,13). The van der Waals surface area contributed by atoms with Crippen LogP contribution in [0.25, 0.3) is 0 Å². The normalized spacial score (nSPS) is 21.4. The van der Waals surface area contributed by atoms with E-state index >= 15 is 0 Å². The van der Waals surface area contributed by atoms with Crippen LogP contribution < -0.4 is 16.4 Å². The average molecular weight is 201 g/mol. The molecule has 2 amide bonds. The van der Waals surface area contributed by atoms with Gasteiger partial charge in [0.15, 0.2) is 12.2 Å². The molecule has 0 aromatic heterocycles. The van der Waals surface area contributed by atoms with Crippen LogP contribution in [0.5, 0.6) is 0 Å². The van der Waals surface area contributed by atoms with Crippen molar-refractivity contribution in [2.45, 2.75) is 6.23 Å². The van der Waals surface area contributed by atoms with Crippen molar-refractivity contribution in [2.24, 2.45) is 5.73 Å². The highest BCUT2D eigenvalue weighted by molar-refractivity contribution is 5.94. The molecule has 7 heteroatoms. The lowest BCUT2D eigenvalue weighted by molar-refractivity contribution is -0.0295. The van der Waals surface area contributed by atoms with Crippen molar-refractivity contribution in [1.29, 1.82) is 5.41 Å². The van der Waals surface area contributed by atoms with Gasteiger partial charge in [-0.1, -0.05) is 0 Å². The minimum atomic E-state index is -0.499. The Hall–Kier alpha value is -1.34. The predicted molar refractivity (Wildman–Crippen MR) is 50.8 cm³/mol. The van der Waals surface area contributed by atoms with Gasteiger partial charge in [-0.25, -0.2) is 9.69 Å². The predicted octanol–water partition coefficient (Wildman–Crippen LogP) is -1.53. The number of nitrogens with two attached hydrogens (primary N) is 1. The summed E-state index contributed by atoms with van der Waals surface area (Å²) in [6.07, 6.45) is -0.499. The molecule has 1 heterocycles. The number of carbonyl (C=O) groups excluding carboxylic acids is 1. The number of guanidine groups is 1. The Kier molecular flexibility index (Phi) is 3.66. The summed E-state index contributed by atoms with van der Waals surface area (Å²) in [5.41, 5.74) is 5.28. The van der Waals surface area contributed by atoms with Gasteiger partial charge in [-0.3, -0.25) is 5.41 Å². The topological polar surface area (TPSA) is 103 Å². The summed E-state index contributed by atoms with van der Waals surface area (Å²) in [5.74, 6) is -0.321. The minimum absolute atomic E-state index is 0.321. The molecule has 0 aliphatic carbocycles. The smallest absolute Gasteiger partial charge is 0.326 e. The van der Waals surface area contributed by atoms with Crippen LogP contribution in [-0.2, 0) is 4.74 Å². The molecule has 5 N–H and O–H groups in total. The number of hydrogen-bond donors (Lipinski definition) is 4. The van der Waals surface area contributed by atoms with Crippen molar-refractivity contribution < 1.29 is 9.53 Å². The fraction of sp³-hybridized carbons (Fsp3) is 0.714. The molecule has 1 saturated heterocycles. The summed E-state index contributed by atoms with van der Waals surface area (Å²) in [6, 6.07) is -0.439. The summed E-state index contributed by atoms with van der Waals surface area (Å²) < 4.78 is 5.31. The Bertz CT molecular complexity index is 226. The molecule has 7 nitrogen and oxygen atoms in total. The summed E-state index contributed by atoms with van der Waals surface area (Å²) in [4.78, 5) is 12.4. The monoisotopic (exact) mass is 201 g/mol. The Balaban J connectivity index is 2.65. The Labute approximate surface area is 82.1 Å². The molecule has 80 valence electrons. The number of rotatable bonds is 1. The van der Waals surface area contributed by atoms with Crippen LogP contribution in [0.4, 0.5) is 4.79 Å². The second kappa shape index (κ2) is 4.77. The second-order valence-electron chi connectivity index (χ2n) is 2.84. The fourth-order valence-electron chi connectivity index (χ4n) is 1.23. The van der Waals surface area contributed by atoms with Gasteiger partial charge in [0, 0.05) is 20.1 Å². The first kappa shape index (κ1) is 10.7. The highest BCUT2D eigenvalue weighted by atomic mass is 16.5. The van der Waals surface area contributed by atoms with Gasteiger partial charge in [0.1, 0.15) is 0 Å². The van der Waals surface area contributed by atoms with E-state index in [1.807, 2.05) is 0 Å². The number of nitrogens with one attached hydrogen (secondary N) is 3. The number of ether oxygens (including phenoxy) is 1. The summed E-state index contributed by atoms with van der Waals surface area (Å²) in [5, 5.41) is 12.7. The van der Waals surface area contributed by atoms with Crippen LogP contribution in [0.15, 0.2) is 0 Å². The Morgan fingerprint density at radius 2 is 2.50 bits per heavy atom. The van der Waals surface area contributed by atoms with Gasteiger partial charge in [0.2, 0.25) is 0 Å². The molecule has 1 unspecified atom stereocenters. The molecular weight excluding hydrogens is 186 g/mol. The number of nitrogens with zero attached hydrogens (tertiary/aromatic N) is 1. The first-order valence-corrected chi connectivity index (χ1v) is 4.34. The van der Waals surface area contributed by atoms with Crippen LogP contribution in [0.2, 0.25) is 0 Å². The number of carbonyl (C=O) groups is 1. The molecule has 1 atom stereocenters. The zero-order chi connectivity index (χ0) is 10.6. The van der Waals surface area contributed by atoms with Crippen LogP contribution in [-0.4, -0.2) is 49.9 Å². The minimum Gasteiger partial charge on any atom is -0.370 e. The first-order valence-electron chi connectivity index (χ1n) is 4.34. The van der Waals surface area contributed by atoms with Gasteiger partial charge in [0.05, 0.1) is 6.61 Å². The molecule has 0 bridgehead atoms. The zero-order valence-electron chi connectivity index (χ0n) is 8.04. The number of hydrogen-bond acceptors (Lipinski definition) is 4. The maximum absolute atomic E-state index is 11.3. The van der Waals surface area contributed by atoms with Crippen LogP contribution in [0, 0.1) is 5.41 Å². The highest BCUT2D eigenvalue weighted by Crippen LogP contribution is 2.03. The van der Waals surface area contributed by atoms with E-state index in [4.69, 9.17) is 15.9 Å². The summed E-state index contributed by atoms with van der Waals surface area (Å²) in [6.45, 7) is 1.73. The van der Waals surface area contributed by atoms with Crippen molar-refractivity contribution >= 4 is 12.0 Å². The second-order valence-corrected chi connectivity index (χ2v) is 2.84. The maximum atomic E-state index is 11.3. The molecule has 1 aliphatic rings. The molecular formula is C7H15N5O2. The van der Waals surface area contributed by atoms with Crippen LogP contribution in [0.1, 0.15) is 0 Å². The van der Waals surface area contributed by atoms with Gasteiger partial charge >= 0.3 is 6.03 Å². The van der Waals surface area contributed by atoms with E-state index in [1.54, 1.807) is 0 Å². The molecule has 1 aliphatic heterocycles. The SMILES string of the molecule is CNC(=O)N(C(=N)N)C1CNCCO1. The quantitative estimate of drug-likeness (QED) is 0.305. The third-order valence-electron chi connectivity index (χ3n) is 1.89. The van der Waals surface area contributed by atoms with Gasteiger partial charge in [0.25, 0.3) is 0 Å². The van der Waals surface area contributed by atoms with E-state index in [0.29, 0.717) is 13.2 Å². The van der Waals surface area contributed by atoms with Gasteiger partial charge in [-0.2, -0.15) is 0 Å². The lowest BCUT2D eigenvalue weighted by Gasteiger charge is -2.32. The number of urea groups is 1. The van der Waals surface area contributed by atoms with E-state index in [1.165, 1.54) is 7.05 Å². The van der Waals surface area contributed by atoms with E-state index in [2.05, 4.69) is 10.6 Å². The van der Waals surface area contributed by atoms with Crippen LogP contribution in [0.3, 0.4) is 0 Å². The fourth-order valence-corrected chi connectivity index (χ4v) is 1.23. The van der Waals surface area contributed by atoms with Crippen molar-refractivity contribution in [2.75, 3.05) is 26.7 Å². The van der Waals surface area contributed by atoms with E-state index in [-0.39, 0.29) is 5.96 Å². The van der Waals surface area contributed by atoms with E-state index in [0.717, 1.165) is 11.4 Å². The number of morpholine rings is 1. The molecule has 0 saturated carbocycles. The van der Waals surface area contributed by atoms with E-state index < -0.39 is 12.3 Å². The lowest BCUT2D eigenvalue weighted by Crippen LogP contribution is -2.57. The van der Waals surface area contributed by atoms with Gasteiger partial charge in [-0.15, -0.1) is 0 Å². The van der Waals surface area contributed by atoms with Crippen molar-refractivity contribution in [3.05, 3.63) is 0 Å². The summed E-state index contributed by atoms with van der Waals surface area (Å²) >= 11 is 0. The zero-order valence-corrected chi connectivity index (χ0v) is 8.04. The van der Waals surface area contributed by atoms with Crippen molar-refractivity contribution in [1.82, 2.24) is 15.5 Å². The average Bonchev–Trinajstić information content (AvgIpc) is 2.19. The molecule has 1 fully saturated rings. The largest absolute Gasteiger partial charge is 0.370 e. The third-order valence-corrected chi connectivity index (χ3v) is 1.89. The molecule has 0 spiro atoms. The molecule has 0 aromatic rings. The summed E-state index contributed by atoms with van der Waals surface area (Å²) in [7, 11) is 1.48. The van der Waals surface area contributed by atoms with Gasteiger partial charge < -0.3 is 21.1 Å². The molecule has 0 radical (unpaired) electrons. The Morgan fingerprint density at radius 1 is 1.79 bits per heavy atom. The van der Waals surface area contributed by atoms with Crippen molar-refractivity contribution in [3.63, 3.8) is 0 Å². The number of amides is 2. The van der Waals surface area contributed by atoms with Crippen LogP contribution >= 0.6 is 0 Å². The third kappa shape index (κ3) is 2.33. The van der Waals surface area contributed by atoms with E-state index in [9.17, 15) is 4.79 Å². The lowest BCUT2D eigenvalue weighted by atomic mass is 10.4. The van der Waals surface area contributed by atoms with Crippen molar-refractivity contribution in [3.8, 4) is 0 Å². The molecule has 1 rings (SSSR count). The molecule has 14 heavy (non-hydrogen) atoms. The Morgan fingerprint density at radius 3 is 2.93 bits per heavy atom.